The first-order valence-corrected chi connectivity index (χ1v) is 5.53. The lowest BCUT2D eigenvalue weighted by atomic mass is 10.1. The molecule has 1 N–H and O–H groups in total. The standard InChI is InChI=1S/C12H18N2O2/c1-3-16-11-7-10(8-14-9-11)12(15)5-4-6-13-2/h7-9,13H,3-6H2,1-2H3. The molecule has 0 saturated carbocycles. The number of rotatable bonds is 7. The Hall–Kier alpha value is -1.42. The second kappa shape index (κ2) is 6.95. The zero-order valence-corrected chi connectivity index (χ0v) is 9.82. The van der Waals surface area contributed by atoms with Crippen molar-refractivity contribution in [3.63, 3.8) is 0 Å². The van der Waals surface area contributed by atoms with Crippen molar-refractivity contribution >= 4 is 5.78 Å². The molecule has 0 bridgehead atoms. The van der Waals surface area contributed by atoms with E-state index in [2.05, 4.69) is 10.3 Å². The Labute approximate surface area is 96.0 Å². The first-order valence-electron chi connectivity index (χ1n) is 5.53. The van der Waals surface area contributed by atoms with Gasteiger partial charge in [0.2, 0.25) is 0 Å². The molecule has 1 aromatic rings. The SMILES string of the molecule is CCOc1cncc(C(=O)CCCNC)c1. The van der Waals surface area contributed by atoms with E-state index in [4.69, 9.17) is 4.74 Å². The molecule has 4 heteroatoms. The summed E-state index contributed by atoms with van der Waals surface area (Å²) in [6.07, 6.45) is 4.59. The number of aromatic nitrogens is 1. The Bertz CT molecular complexity index is 340. The minimum Gasteiger partial charge on any atom is -0.492 e. The monoisotopic (exact) mass is 222 g/mol. The third kappa shape index (κ3) is 3.98. The molecule has 0 atom stereocenters. The van der Waals surface area contributed by atoms with Crippen molar-refractivity contribution in [3.05, 3.63) is 24.0 Å². The van der Waals surface area contributed by atoms with Crippen molar-refractivity contribution in [3.8, 4) is 5.75 Å². The van der Waals surface area contributed by atoms with Gasteiger partial charge in [-0.1, -0.05) is 0 Å². The molecule has 0 saturated heterocycles. The van der Waals surface area contributed by atoms with E-state index in [0.717, 1.165) is 13.0 Å². The fraction of sp³-hybridized carbons (Fsp3) is 0.500. The van der Waals surface area contributed by atoms with Gasteiger partial charge in [0.25, 0.3) is 0 Å². The molecule has 0 radical (unpaired) electrons. The fourth-order valence-electron chi connectivity index (χ4n) is 1.39. The Morgan fingerprint density at radius 1 is 1.50 bits per heavy atom. The maximum absolute atomic E-state index is 11.8. The maximum atomic E-state index is 11.8. The van der Waals surface area contributed by atoms with Crippen LogP contribution in [0.5, 0.6) is 5.75 Å². The van der Waals surface area contributed by atoms with Gasteiger partial charge < -0.3 is 10.1 Å². The molecule has 0 aliphatic rings. The number of carbonyl (C=O) groups is 1. The molecule has 0 amide bonds. The summed E-state index contributed by atoms with van der Waals surface area (Å²) in [7, 11) is 1.88. The van der Waals surface area contributed by atoms with E-state index in [1.807, 2.05) is 14.0 Å². The number of nitrogens with one attached hydrogen (secondary N) is 1. The molecule has 0 aromatic carbocycles. The van der Waals surface area contributed by atoms with Crippen molar-refractivity contribution in [1.29, 1.82) is 0 Å². The van der Waals surface area contributed by atoms with Gasteiger partial charge in [0, 0.05) is 18.2 Å². The molecule has 1 heterocycles. The molecular formula is C12H18N2O2. The van der Waals surface area contributed by atoms with Crippen molar-refractivity contribution in [1.82, 2.24) is 10.3 Å². The van der Waals surface area contributed by atoms with Crippen molar-refractivity contribution in [2.45, 2.75) is 19.8 Å². The molecule has 1 rings (SSSR count). The first kappa shape index (κ1) is 12.6. The summed E-state index contributed by atoms with van der Waals surface area (Å²) in [4.78, 5) is 15.7. The van der Waals surface area contributed by atoms with Crippen LogP contribution in [-0.2, 0) is 0 Å². The highest BCUT2D eigenvalue weighted by molar-refractivity contribution is 5.96. The fourth-order valence-corrected chi connectivity index (χ4v) is 1.39. The highest BCUT2D eigenvalue weighted by Gasteiger charge is 2.06. The topological polar surface area (TPSA) is 51.2 Å². The lowest BCUT2D eigenvalue weighted by molar-refractivity contribution is 0.0979. The molecular weight excluding hydrogens is 204 g/mol. The summed E-state index contributed by atoms with van der Waals surface area (Å²) >= 11 is 0. The van der Waals surface area contributed by atoms with Crippen LogP contribution in [0.15, 0.2) is 18.5 Å². The van der Waals surface area contributed by atoms with Gasteiger partial charge >= 0.3 is 0 Å². The van der Waals surface area contributed by atoms with Crippen LogP contribution < -0.4 is 10.1 Å². The number of ether oxygens (including phenoxy) is 1. The van der Waals surface area contributed by atoms with Crippen LogP contribution in [0.3, 0.4) is 0 Å². The van der Waals surface area contributed by atoms with Gasteiger partial charge in [-0.05, 0) is 33.0 Å². The number of hydrogen-bond donors (Lipinski definition) is 1. The van der Waals surface area contributed by atoms with E-state index in [9.17, 15) is 4.79 Å². The number of nitrogens with zero attached hydrogens (tertiary/aromatic N) is 1. The largest absolute Gasteiger partial charge is 0.492 e. The van der Waals surface area contributed by atoms with E-state index < -0.39 is 0 Å². The summed E-state index contributed by atoms with van der Waals surface area (Å²) in [6.45, 7) is 3.34. The van der Waals surface area contributed by atoms with Crippen molar-refractivity contribution < 1.29 is 9.53 Å². The van der Waals surface area contributed by atoms with E-state index >= 15 is 0 Å². The lowest BCUT2D eigenvalue weighted by Crippen LogP contribution is -2.10. The third-order valence-corrected chi connectivity index (χ3v) is 2.18. The molecule has 0 aliphatic heterocycles. The Morgan fingerprint density at radius 2 is 2.31 bits per heavy atom. The molecule has 0 unspecified atom stereocenters. The highest BCUT2D eigenvalue weighted by Crippen LogP contribution is 2.13. The predicted octanol–water partition coefficient (Wildman–Crippen LogP) is 1.66. The quantitative estimate of drug-likeness (QED) is 0.563. The van der Waals surface area contributed by atoms with E-state index in [-0.39, 0.29) is 5.78 Å². The molecule has 88 valence electrons. The Balaban J connectivity index is 2.57. The van der Waals surface area contributed by atoms with Crippen LogP contribution in [0.4, 0.5) is 0 Å². The average molecular weight is 222 g/mol. The van der Waals surface area contributed by atoms with Crippen LogP contribution in [0.25, 0.3) is 0 Å². The second-order valence-electron chi connectivity index (χ2n) is 3.47. The summed E-state index contributed by atoms with van der Waals surface area (Å²) in [5.74, 6) is 0.770. The van der Waals surface area contributed by atoms with Gasteiger partial charge in [-0.3, -0.25) is 9.78 Å². The number of carbonyl (C=O) groups excluding carboxylic acids is 1. The van der Waals surface area contributed by atoms with E-state index in [1.165, 1.54) is 0 Å². The zero-order valence-electron chi connectivity index (χ0n) is 9.82. The summed E-state index contributed by atoms with van der Waals surface area (Å²) < 4.78 is 5.30. The molecule has 16 heavy (non-hydrogen) atoms. The smallest absolute Gasteiger partial charge is 0.164 e. The van der Waals surface area contributed by atoms with Gasteiger partial charge in [-0.25, -0.2) is 0 Å². The van der Waals surface area contributed by atoms with E-state index in [1.54, 1.807) is 18.5 Å². The van der Waals surface area contributed by atoms with Crippen molar-refractivity contribution in [2.75, 3.05) is 20.2 Å². The second-order valence-corrected chi connectivity index (χ2v) is 3.47. The Morgan fingerprint density at radius 3 is 3.00 bits per heavy atom. The number of Topliss-reactive ketones (excluding diaryl/α,β-unsaturated/α-hetero) is 1. The van der Waals surface area contributed by atoms with Crippen LogP contribution in [-0.4, -0.2) is 31.0 Å². The van der Waals surface area contributed by atoms with Gasteiger partial charge in [0.05, 0.1) is 12.8 Å². The van der Waals surface area contributed by atoms with Gasteiger partial charge in [-0.2, -0.15) is 0 Å². The maximum Gasteiger partial charge on any atom is 0.164 e. The summed E-state index contributed by atoms with van der Waals surface area (Å²) in [5.41, 5.74) is 0.627. The Kier molecular flexibility index (Phi) is 5.50. The molecule has 1 aromatic heterocycles. The number of hydrogen-bond acceptors (Lipinski definition) is 4. The molecule has 0 spiro atoms. The van der Waals surface area contributed by atoms with Crippen LogP contribution in [0, 0.1) is 0 Å². The van der Waals surface area contributed by atoms with Gasteiger partial charge in [0.1, 0.15) is 5.75 Å². The lowest BCUT2D eigenvalue weighted by Gasteiger charge is -2.04. The first-order chi connectivity index (χ1) is 7.77. The molecule has 0 aliphatic carbocycles. The zero-order chi connectivity index (χ0) is 11.8. The summed E-state index contributed by atoms with van der Waals surface area (Å²) in [6, 6.07) is 1.75. The minimum atomic E-state index is 0.115. The third-order valence-electron chi connectivity index (χ3n) is 2.18. The normalized spacial score (nSPS) is 10.1. The van der Waals surface area contributed by atoms with Gasteiger partial charge in [-0.15, -0.1) is 0 Å². The summed E-state index contributed by atoms with van der Waals surface area (Å²) in [5, 5.41) is 3.01. The van der Waals surface area contributed by atoms with E-state index in [0.29, 0.717) is 24.3 Å². The number of ketones is 1. The average Bonchev–Trinajstić information content (AvgIpc) is 2.30. The molecule has 4 nitrogen and oxygen atoms in total. The minimum absolute atomic E-state index is 0.115. The predicted molar refractivity (Wildman–Crippen MR) is 62.9 cm³/mol. The van der Waals surface area contributed by atoms with Crippen LogP contribution in [0.1, 0.15) is 30.1 Å². The molecule has 0 fully saturated rings. The van der Waals surface area contributed by atoms with Gasteiger partial charge in [0.15, 0.2) is 5.78 Å². The highest BCUT2D eigenvalue weighted by atomic mass is 16.5. The number of pyridine rings is 1. The van der Waals surface area contributed by atoms with Crippen LogP contribution in [0.2, 0.25) is 0 Å². The van der Waals surface area contributed by atoms with Crippen LogP contribution >= 0.6 is 0 Å². The van der Waals surface area contributed by atoms with Crippen molar-refractivity contribution in [2.24, 2.45) is 0 Å².